The van der Waals surface area contributed by atoms with Gasteiger partial charge in [-0.2, -0.15) is 26.3 Å². The van der Waals surface area contributed by atoms with E-state index in [2.05, 4.69) is 15.3 Å². The molecule has 1 fully saturated rings. The van der Waals surface area contributed by atoms with Crippen molar-refractivity contribution in [2.75, 3.05) is 18.4 Å². The quantitative estimate of drug-likeness (QED) is 0.437. The fourth-order valence-electron chi connectivity index (χ4n) is 3.82. The lowest BCUT2D eigenvalue weighted by atomic mass is 10.1. The van der Waals surface area contributed by atoms with Crippen molar-refractivity contribution in [3.63, 3.8) is 0 Å². The van der Waals surface area contributed by atoms with Crippen molar-refractivity contribution in [1.29, 1.82) is 0 Å². The highest BCUT2D eigenvalue weighted by Crippen LogP contribution is 2.42. The van der Waals surface area contributed by atoms with Crippen molar-refractivity contribution < 1.29 is 41.0 Å². The van der Waals surface area contributed by atoms with Gasteiger partial charge in [-0.05, 0) is 46.6 Å². The van der Waals surface area contributed by atoms with Gasteiger partial charge in [0, 0.05) is 29.9 Å². The minimum absolute atomic E-state index is 0.0711. The van der Waals surface area contributed by atoms with E-state index in [1.807, 2.05) is 5.32 Å². The van der Waals surface area contributed by atoms with Crippen LogP contribution in [0.1, 0.15) is 66.4 Å². The molecule has 0 radical (unpaired) electrons. The highest BCUT2D eigenvalue weighted by molar-refractivity contribution is 7.17. The lowest BCUT2D eigenvalue weighted by Crippen LogP contribution is -2.40. The summed E-state index contributed by atoms with van der Waals surface area (Å²) in [6.07, 6.45) is -10.5. The Morgan fingerprint density at radius 2 is 1.87 bits per heavy atom. The van der Waals surface area contributed by atoms with E-state index in [0.717, 1.165) is 12.3 Å². The van der Waals surface area contributed by atoms with E-state index >= 15 is 0 Å². The lowest BCUT2D eigenvalue weighted by molar-refractivity contribution is -0.201. The molecule has 38 heavy (non-hydrogen) atoms. The molecular weight excluding hydrogens is 540 g/mol. The van der Waals surface area contributed by atoms with Crippen LogP contribution in [0.4, 0.5) is 32.2 Å². The number of hydrogen-bond donors (Lipinski definition) is 3. The zero-order valence-electron chi connectivity index (χ0n) is 20.9. The molecule has 2 amide bonds. The van der Waals surface area contributed by atoms with E-state index in [-0.39, 0.29) is 16.7 Å². The fourth-order valence-corrected chi connectivity index (χ4v) is 4.82. The van der Waals surface area contributed by atoms with Gasteiger partial charge in [-0.3, -0.25) is 9.59 Å². The summed E-state index contributed by atoms with van der Waals surface area (Å²) in [5.41, 5.74) is -2.68. The van der Waals surface area contributed by atoms with Crippen LogP contribution >= 0.6 is 11.3 Å². The minimum Gasteiger partial charge on any atom is -0.382 e. The molecule has 210 valence electrons. The Bertz CT molecular complexity index is 1190. The number of aromatic nitrogens is 2. The molecule has 0 spiro atoms. The number of likely N-dealkylation sites (tertiary alicyclic amines) is 1. The number of aliphatic hydroxyl groups excluding tert-OH is 1. The SMILES string of the molecule is C[C@H]1CCCN1C(=O)c1nc(C(=O)NCC(O)C(F)(F)F)sc1-c1cnc(NC(C)(C)C)cc1C(F)(F)F. The van der Waals surface area contributed by atoms with Crippen LogP contribution in [-0.2, 0) is 6.18 Å². The van der Waals surface area contributed by atoms with Crippen molar-refractivity contribution in [3.8, 4) is 10.4 Å². The Kier molecular flexibility index (Phi) is 8.32. The molecule has 1 aliphatic rings. The largest absolute Gasteiger partial charge is 0.417 e. The first-order valence-corrected chi connectivity index (χ1v) is 12.4. The van der Waals surface area contributed by atoms with Gasteiger partial charge < -0.3 is 20.6 Å². The second-order valence-corrected chi connectivity index (χ2v) is 10.9. The van der Waals surface area contributed by atoms with Gasteiger partial charge in [0.15, 0.2) is 11.1 Å². The zero-order chi connectivity index (χ0) is 28.6. The van der Waals surface area contributed by atoms with Crippen LogP contribution in [0.3, 0.4) is 0 Å². The van der Waals surface area contributed by atoms with Gasteiger partial charge >= 0.3 is 12.4 Å². The molecular formula is C23H27F6N5O3S. The fraction of sp³-hybridized carbons (Fsp3) is 0.565. The predicted molar refractivity (Wildman–Crippen MR) is 128 cm³/mol. The molecule has 15 heteroatoms. The summed E-state index contributed by atoms with van der Waals surface area (Å²) >= 11 is 0.424. The average Bonchev–Trinajstić information content (AvgIpc) is 3.41. The third-order valence-electron chi connectivity index (χ3n) is 5.63. The topological polar surface area (TPSA) is 107 Å². The van der Waals surface area contributed by atoms with E-state index in [1.54, 1.807) is 27.7 Å². The number of thiazole rings is 1. The Balaban J connectivity index is 2.10. The molecule has 8 nitrogen and oxygen atoms in total. The molecule has 3 N–H and O–H groups in total. The van der Waals surface area contributed by atoms with Crippen LogP contribution in [0.2, 0.25) is 0 Å². The second-order valence-electron chi connectivity index (χ2n) is 9.94. The number of nitrogens with zero attached hydrogens (tertiary/aromatic N) is 3. The summed E-state index contributed by atoms with van der Waals surface area (Å²) in [4.78, 5) is 35.0. The van der Waals surface area contributed by atoms with Crippen LogP contribution in [0.15, 0.2) is 12.3 Å². The standard InChI is InChI=1S/C23H27F6N5O3S/c1-11-6-5-7-34(11)20(37)16-17(38-19(32-16)18(36)31-10-14(35)23(27,28)29)12-9-30-15(33-21(2,3)4)8-13(12)22(24,25)26/h8-9,11,14,35H,5-7,10H2,1-4H3,(H,30,33)(H,31,36)/t11-,14?/m0/s1. The molecule has 0 aromatic carbocycles. The lowest BCUT2D eigenvalue weighted by Gasteiger charge is -2.23. The Morgan fingerprint density at radius 1 is 1.21 bits per heavy atom. The van der Waals surface area contributed by atoms with Gasteiger partial charge in [-0.25, -0.2) is 9.97 Å². The molecule has 1 saturated heterocycles. The molecule has 1 aliphatic heterocycles. The Hall–Kier alpha value is -2.94. The number of aliphatic hydroxyl groups is 1. The zero-order valence-corrected chi connectivity index (χ0v) is 21.7. The number of rotatable bonds is 6. The van der Waals surface area contributed by atoms with Crippen LogP contribution < -0.4 is 10.6 Å². The monoisotopic (exact) mass is 567 g/mol. The summed E-state index contributed by atoms with van der Waals surface area (Å²) in [6.45, 7) is 6.08. The van der Waals surface area contributed by atoms with Crippen molar-refractivity contribution >= 4 is 29.0 Å². The first-order chi connectivity index (χ1) is 17.4. The number of alkyl halides is 6. The first kappa shape index (κ1) is 29.6. The number of amides is 2. The maximum atomic E-state index is 14.1. The molecule has 0 aliphatic carbocycles. The number of anilines is 1. The van der Waals surface area contributed by atoms with Crippen molar-refractivity contribution in [2.24, 2.45) is 0 Å². The van der Waals surface area contributed by atoms with Gasteiger partial charge in [-0.15, -0.1) is 11.3 Å². The van der Waals surface area contributed by atoms with E-state index in [9.17, 15) is 35.9 Å². The van der Waals surface area contributed by atoms with Crippen molar-refractivity contribution in [1.82, 2.24) is 20.2 Å². The smallest absolute Gasteiger partial charge is 0.382 e. The number of halogens is 6. The highest BCUT2D eigenvalue weighted by Gasteiger charge is 2.40. The first-order valence-electron chi connectivity index (χ1n) is 11.6. The molecule has 2 aromatic rings. The summed E-state index contributed by atoms with van der Waals surface area (Å²) in [7, 11) is 0. The van der Waals surface area contributed by atoms with Crippen LogP contribution in [0, 0.1) is 0 Å². The third-order valence-corrected chi connectivity index (χ3v) is 6.72. The Morgan fingerprint density at radius 3 is 2.39 bits per heavy atom. The second kappa shape index (κ2) is 10.7. The van der Waals surface area contributed by atoms with Gasteiger partial charge in [0.2, 0.25) is 0 Å². The predicted octanol–water partition coefficient (Wildman–Crippen LogP) is 4.71. The highest BCUT2D eigenvalue weighted by atomic mass is 32.1. The summed E-state index contributed by atoms with van der Waals surface area (Å²) in [5, 5.41) is 13.3. The summed E-state index contributed by atoms with van der Waals surface area (Å²) < 4.78 is 80.3. The number of nitrogens with one attached hydrogen (secondary N) is 2. The number of carbonyl (C=O) groups excluding carboxylic acids is 2. The minimum atomic E-state index is -5.00. The summed E-state index contributed by atoms with van der Waals surface area (Å²) in [6, 6.07) is 0.557. The van der Waals surface area contributed by atoms with E-state index in [4.69, 9.17) is 5.11 Å². The summed E-state index contributed by atoms with van der Waals surface area (Å²) in [5.74, 6) is -1.96. The Labute approximate surface area is 218 Å². The number of hydrogen-bond acceptors (Lipinski definition) is 7. The third kappa shape index (κ3) is 6.92. The number of carbonyl (C=O) groups is 2. The van der Waals surface area contributed by atoms with Crippen LogP contribution in [-0.4, -0.2) is 68.7 Å². The van der Waals surface area contributed by atoms with Crippen molar-refractivity contribution in [3.05, 3.63) is 28.5 Å². The van der Waals surface area contributed by atoms with Gasteiger partial charge in [0.1, 0.15) is 11.5 Å². The van der Waals surface area contributed by atoms with Gasteiger partial charge in [0.25, 0.3) is 11.8 Å². The normalized spacial score (nSPS) is 17.4. The molecule has 3 rings (SSSR count). The van der Waals surface area contributed by atoms with E-state index in [1.165, 1.54) is 4.90 Å². The number of pyridine rings is 1. The molecule has 3 heterocycles. The molecule has 2 aromatic heterocycles. The van der Waals surface area contributed by atoms with E-state index < -0.39 is 64.2 Å². The molecule has 2 atom stereocenters. The van der Waals surface area contributed by atoms with Gasteiger partial charge in [0.05, 0.1) is 17.0 Å². The molecule has 0 bridgehead atoms. The van der Waals surface area contributed by atoms with Crippen molar-refractivity contribution in [2.45, 2.75) is 70.6 Å². The van der Waals surface area contributed by atoms with Crippen LogP contribution in [0.5, 0.6) is 0 Å². The molecule has 1 unspecified atom stereocenters. The molecule has 0 saturated carbocycles. The van der Waals surface area contributed by atoms with Gasteiger partial charge in [-0.1, -0.05) is 0 Å². The maximum Gasteiger partial charge on any atom is 0.417 e. The van der Waals surface area contributed by atoms with E-state index in [0.29, 0.717) is 30.7 Å². The average molecular weight is 568 g/mol. The van der Waals surface area contributed by atoms with Crippen LogP contribution in [0.25, 0.3) is 10.4 Å². The maximum absolute atomic E-state index is 14.1.